The number of rotatable bonds is 6. The van der Waals surface area contributed by atoms with Crippen LogP contribution in [0.4, 0.5) is 0 Å². The molecular weight excluding hydrogens is 378 g/mol. The standard InChI is InChI=1S/C24H27N3O3/c1-15(16-7-9-30-10-8-16)23-20-11-17(18-3-5-19(14-29-2)26-12-18)4-6-22(20)27-13-21(23)24(25)28/h3-6,11-13,15-16H,7-10,14H2,1-2H3,(H2,25,28)/t15-/m0/s1. The Morgan fingerprint density at radius 1 is 1.17 bits per heavy atom. The van der Waals surface area contributed by atoms with Crippen molar-refractivity contribution in [3.8, 4) is 11.1 Å². The normalized spacial score (nSPS) is 15.9. The minimum absolute atomic E-state index is 0.180. The Labute approximate surface area is 176 Å². The molecule has 1 aliphatic rings. The van der Waals surface area contributed by atoms with Crippen LogP contribution in [-0.2, 0) is 16.1 Å². The van der Waals surface area contributed by atoms with Gasteiger partial charge >= 0.3 is 0 Å². The van der Waals surface area contributed by atoms with Crippen LogP contribution < -0.4 is 5.73 Å². The Bertz CT molecular complexity index is 1040. The van der Waals surface area contributed by atoms with Gasteiger partial charge in [-0.3, -0.25) is 14.8 Å². The van der Waals surface area contributed by atoms with Gasteiger partial charge in [0.15, 0.2) is 0 Å². The van der Waals surface area contributed by atoms with E-state index in [0.29, 0.717) is 18.1 Å². The topological polar surface area (TPSA) is 87.3 Å². The van der Waals surface area contributed by atoms with Crippen molar-refractivity contribution in [3.05, 3.63) is 59.5 Å². The molecule has 1 amide bonds. The van der Waals surface area contributed by atoms with Crippen LogP contribution in [0.15, 0.2) is 42.7 Å². The average Bonchev–Trinajstić information content (AvgIpc) is 2.78. The van der Waals surface area contributed by atoms with Crippen molar-refractivity contribution in [1.82, 2.24) is 9.97 Å². The number of aromatic nitrogens is 2. The zero-order valence-corrected chi connectivity index (χ0v) is 17.4. The number of fused-ring (bicyclic) bond motifs is 1. The number of primary amides is 1. The Hall–Kier alpha value is -2.83. The third kappa shape index (κ3) is 4.06. The second-order valence-corrected chi connectivity index (χ2v) is 7.89. The van der Waals surface area contributed by atoms with E-state index in [0.717, 1.165) is 59.3 Å². The lowest BCUT2D eigenvalue weighted by atomic mass is 9.79. The van der Waals surface area contributed by atoms with Crippen molar-refractivity contribution in [1.29, 1.82) is 0 Å². The first-order valence-corrected chi connectivity index (χ1v) is 10.3. The lowest BCUT2D eigenvalue weighted by molar-refractivity contribution is 0.0596. The molecule has 0 spiro atoms. The van der Waals surface area contributed by atoms with E-state index in [2.05, 4.69) is 23.0 Å². The molecule has 3 heterocycles. The first-order chi connectivity index (χ1) is 14.6. The number of hydrogen-bond donors (Lipinski definition) is 1. The van der Waals surface area contributed by atoms with Gasteiger partial charge in [-0.15, -0.1) is 0 Å². The van der Waals surface area contributed by atoms with Crippen LogP contribution >= 0.6 is 0 Å². The Balaban J connectivity index is 1.81. The highest BCUT2D eigenvalue weighted by Gasteiger charge is 2.27. The van der Waals surface area contributed by atoms with Gasteiger partial charge in [-0.25, -0.2) is 0 Å². The predicted molar refractivity (Wildman–Crippen MR) is 116 cm³/mol. The zero-order valence-electron chi connectivity index (χ0n) is 17.4. The van der Waals surface area contributed by atoms with Crippen LogP contribution in [0.3, 0.4) is 0 Å². The molecule has 1 aliphatic heterocycles. The third-order valence-corrected chi connectivity index (χ3v) is 6.05. The van der Waals surface area contributed by atoms with Crippen molar-refractivity contribution in [2.24, 2.45) is 11.7 Å². The number of nitrogens with zero attached hydrogens (tertiary/aromatic N) is 2. The van der Waals surface area contributed by atoms with Gasteiger partial charge in [-0.05, 0) is 54.0 Å². The van der Waals surface area contributed by atoms with E-state index in [1.807, 2.05) is 30.5 Å². The molecule has 1 atom stereocenters. The quantitative estimate of drug-likeness (QED) is 0.668. The molecule has 1 saturated heterocycles. The first kappa shape index (κ1) is 20.4. The fourth-order valence-corrected chi connectivity index (χ4v) is 4.36. The highest BCUT2D eigenvalue weighted by atomic mass is 16.5. The Morgan fingerprint density at radius 2 is 1.93 bits per heavy atom. The van der Waals surface area contributed by atoms with Crippen LogP contribution in [0.5, 0.6) is 0 Å². The molecular formula is C24H27N3O3. The molecule has 2 aromatic heterocycles. The van der Waals surface area contributed by atoms with Crippen molar-refractivity contribution < 1.29 is 14.3 Å². The van der Waals surface area contributed by atoms with E-state index in [9.17, 15) is 4.79 Å². The molecule has 0 bridgehead atoms. The highest BCUT2D eigenvalue weighted by molar-refractivity contribution is 6.00. The van der Waals surface area contributed by atoms with Gasteiger partial charge in [-0.2, -0.15) is 0 Å². The summed E-state index contributed by atoms with van der Waals surface area (Å²) in [5.74, 6) is 0.190. The number of nitrogens with two attached hydrogens (primary N) is 1. The van der Waals surface area contributed by atoms with Gasteiger partial charge in [-0.1, -0.05) is 19.1 Å². The van der Waals surface area contributed by atoms with Crippen LogP contribution in [0.2, 0.25) is 0 Å². The van der Waals surface area contributed by atoms with Gasteiger partial charge in [0.2, 0.25) is 0 Å². The van der Waals surface area contributed by atoms with Crippen molar-refractivity contribution in [3.63, 3.8) is 0 Å². The van der Waals surface area contributed by atoms with E-state index in [-0.39, 0.29) is 5.92 Å². The second kappa shape index (κ2) is 8.90. The number of methoxy groups -OCH3 is 1. The number of pyridine rings is 2. The molecule has 30 heavy (non-hydrogen) atoms. The molecule has 0 aliphatic carbocycles. The number of benzene rings is 1. The first-order valence-electron chi connectivity index (χ1n) is 10.3. The van der Waals surface area contributed by atoms with Gasteiger partial charge in [0.1, 0.15) is 0 Å². The fraction of sp³-hybridized carbons (Fsp3) is 0.375. The van der Waals surface area contributed by atoms with Crippen molar-refractivity contribution in [2.45, 2.75) is 32.3 Å². The lowest BCUT2D eigenvalue weighted by Crippen LogP contribution is -2.23. The Kier molecular flexibility index (Phi) is 6.06. The summed E-state index contributed by atoms with van der Waals surface area (Å²) >= 11 is 0. The summed E-state index contributed by atoms with van der Waals surface area (Å²) in [7, 11) is 1.66. The molecule has 2 N–H and O–H groups in total. The van der Waals surface area contributed by atoms with Crippen LogP contribution in [-0.4, -0.2) is 36.2 Å². The van der Waals surface area contributed by atoms with Gasteiger partial charge < -0.3 is 15.2 Å². The predicted octanol–water partition coefficient (Wildman–Crippen LogP) is 4.07. The maximum absolute atomic E-state index is 12.2. The molecule has 1 fully saturated rings. The summed E-state index contributed by atoms with van der Waals surface area (Å²) in [6.45, 7) is 4.19. The molecule has 0 saturated carbocycles. The summed E-state index contributed by atoms with van der Waals surface area (Å²) < 4.78 is 10.7. The maximum Gasteiger partial charge on any atom is 0.250 e. The number of hydrogen-bond acceptors (Lipinski definition) is 5. The molecule has 1 aromatic carbocycles. The smallest absolute Gasteiger partial charge is 0.250 e. The second-order valence-electron chi connectivity index (χ2n) is 7.89. The summed E-state index contributed by atoms with van der Waals surface area (Å²) in [6.07, 6.45) is 5.43. The summed E-state index contributed by atoms with van der Waals surface area (Å²) in [6, 6.07) is 10.1. The molecule has 0 radical (unpaired) electrons. The monoisotopic (exact) mass is 405 g/mol. The van der Waals surface area contributed by atoms with Gasteiger partial charge in [0.05, 0.1) is 23.4 Å². The summed E-state index contributed by atoms with van der Waals surface area (Å²) in [4.78, 5) is 21.2. The zero-order chi connectivity index (χ0) is 21.1. The van der Waals surface area contributed by atoms with Gasteiger partial charge in [0, 0.05) is 43.7 Å². The minimum Gasteiger partial charge on any atom is -0.381 e. The number of carbonyl (C=O) groups excluding carboxylic acids is 1. The third-order valence-electron chi connectivity index (χ3n) is 6.05. The number of carbonyl (C=O) groups is 1. The lowest BCUT2D eigenvalue weighted by Gasteiger charge is -2.29. The number of amides is 1. The minimum atomic E-state index is -0.436. The number of ether oxygens (including phenoxy) is 2. The largest absolute Gasteiger partial charge is 0.381 e. The molecule has 6 heteroatoms. The molecule has 3 aromatic rings. The summed E-state index contributed by atoms with van der Waals surface area (Å²) in [5, 5.41) is 0.976. The van der Waals surface area contributed by atoms with Crippen LogP contribution in [0.1, 0.15) is 47.3 Å². The molecule has 0 unspecified atom stereocenters. The molecule has 156 valence electrons. The van der Waals surface area contributed by atoms with E-state index in [1.54, 1.807) is 13.3 Å². The average molecular weight is 405 g/mol. The van der Waals surface area contributed by atoms with E-state index in [1.165, 1.54) is 0 Å². The fourth-order valence-electron chi connectivity index (χ4n) is 4.36. The van der Waals surface area contributed by atoms with E-state index >= 15 is 0 Å². The highest BCUT2D eigenvalue weighted by Crippen LogP contribution is 2.38. The van der Waals surface area contributed by atoms with E-state index < -0.39 is 5.91 Å². The maximum atomic E-state index is 12.2. The summed E-state index contributed by atoms with van der Waals surface area (Å²) in [5.41, 5.74) is 11.0. The van der Waals surface area contributed by atoms with Crippen LogP contribution in [0, 0.1) is 5.92 Å². The SMILES string of the molecule is COCc1ccc(-c2ccc3ncc(C(N)=O)c([C@@H](C)C4CCOCC4)c3c2)cn1. The van der Waals surface area contributed by atoms with Crippen LogP contribution in [0.25, 0.3) is 22.0 Å². The van der Waals surface area contributed by atoms with E-state index in [4.69, 9.17) is 15.2 Å². The molecule has 6 nitrogen and oxygen atoms in total. The van der Waals surface area contributed by atoms with Gasteiger partial charge in [0.25, 0.3) is 5.91 Å². The van der Waals surface area contributed by atoms with Crippen molar-refractivity contribution in [2.75, 3.05) is 20.3 Å². The molecule has 4 rings (SSSR count). The Morgan fingerprint density at radius 3 is 2.60 bits per heavy atom. The van der Waals surface area contributed by atoms with Crippen molar-refractivity contribution >= 4 is 16.8 Å².